The average Bonchev–Trinajstić information content (AvgIpc) is 2.83. The highest BCUT2D eigenvalue weighted by Crippen LogP contribution is 2.21. The SMILES string of the molecule is CS(=O)(=O)c1ccccc1NCc1ccc(C#N)o1. The molecule has 1 aromatic heterocycles. The number of hydrogen-bond acceptors (Lipinski definition) is 5. The highest BCUT2D eigenvalue weighted by atomic mass is 32.2. The summed E-state index contributed by atoms with van der Waals surface area (Å²) >= 11 is 0. The lowest BCUT2D eigenvalue weighted by atomic mass is 10.3. The average molecular weight is 276 g/mol. The fourth-order valence-corrected chi connectivity index (χ4v) is 2.52. The van der Waals surface area contributed by atoms with E-state index in [0.717, 1.165) is 6.26 Å². The molecule has 19 heavy (non-hydrogen) atoms. The molecule has 0 saturated heterocycles. The number of hydrogen-bond donors (Lipinski definition) is 1. The maximum Gasteiger partial charge on any atom is 0.203 e. The summed E-state index contributed by atoms with van der Waals surface area (Å²) in [5.74, 6) is 0.799. The molecule has 0 atom stereocenters. The Hall–Kier alpha value is -2.26. The van der Waals surface area contributed by atoms with Crippen molar-refractivity contribution in [1.29, 1.82) is 5.26 Å². The summed E-state index contributed by atoms with van der Waals surface area (Å²) in [6, 6.07) is 11.8. The van der Waals surface area contributed by atoms with Gasteiger partial charge in [-0.1, -0.05) is 12.1 Å². The van der Waals surface area contributed by atoms with Gasteiger partial charge in [-0.05, 0) is 24.3 Å². The van der Waals surface area contributed by atoms with E-state index >= 15 is 0 Å². The largest absolute Gasteiger partial charge is 0.449 e. The van der Waals surface area contributed by atoms with Crippen molar-refractivity contribution in [2.45, 2.75) is 11.4 Å². The smallest absolute Gasteiger partial charge is 0.203 e. The number of sulfone groups is 1. The van der Waals surface area contributed by atoms with Crippen LogP contribution in [0.1, 0.15) is 11.5 Å². The molecular weight excluding hydrogens is 264 g/mol. The van der Waals surface area contributed by atoms with Gasteiger partial charge in [-0.2, -0.15) is 5.26 Å². The van der Waals surface area contributed by atoms with Gasteiger partial charge in [0.05, 0.1) is 17.1 Å². The van der Waals surface area contributed by atoms with Gasteiger partial charge >= 0.3 is 0 Å². The molecule has 0 spiro atoms. The maximum absolute atomic E-state index is 11.6. The molecule has 1 heterocycles. The molecule has 0 aliphatic rings. The first-order valence-electron chi connectivity index (χ1n) is 5.52. The van der Waals surface area contributed by atoms with Gasteiger partial charge in [-0.3, -0.25) is 0 Å². The van der Waals surface area contributed by atoms with Gasteiger partial charge in [0.2, 0.25) is 5.76 Å². The molecule has 1 N–H and O–H groups in total. The number of benzene rings is 1. The number of anilines is 1. The molecule has 98 valence electrons. The number of nitrogens with one attached hydrogen (secondary N) is 1. The molecule has 0 fully saturated rings. The van der Waals surface area contributed by atoms with Gasteiger partial charge in [0.15, 0.2) is 9.84 Å². The Balaban J connectivity index is 2.19. The number of para-hydroxylation sites is 1. The van der Waals surface area contributed by atoms with Crippen LogP contribution >= 0.6 is 0 Å². The summed E-state index contributed by atoms with van der Waals surface area (Å²) in [7, 11) is -3.28. The third-order valence-electron chi connectivity index (χ3n) is 2.51. The summed E-state index contributed by atoms with van der Waals surface area (Å²) < 4.78 is 28.4. The second-order valence-corrected chi connectivity index (χ2v) is 5.98. The third-order valence-corrected chi connectivity index (χ3v) is 3.67. The first-order chi connectivity index (χ1) is 9.00. The van der Waals surface area contributed by atoms with Crippen LogP contribution in [0.3, 0.4) is 0 Å². The zero-order valence-electron chi connectivity index (χ0n) is 10.3. The van der Waals surface area contributed by atoms with Crippen LogP contribution in [0.25, 0.3) is 0 Å². The predicted octanol–water partition coefficient (Wildman–Crippen LogP) is 2.17. The lowest BCUT2D eigenvalue weighted by Gasteiger charge is -2.09. The Morgan fingerprint density at radius 2 is 2.00 bits per heavy atom. The molecule has 0 bridgehead atoms. The number of furan rings is 1. The van der Waals surface area contributed by atoms with E-state index < -0.39 is 9.84 Å². The molecule has 0 radical (unpaired) electrons. The lowest BCUT2D eigenvalue weighted by Crippen LogP contribution is -2.05. The summed E-state index contributed by atoms with van der Waals surface area (Å²) in [4.78, 5) is 0.238. The summed E-state index contributed by atoms with van der Waals surface area (Å²) in [6.45, 7) is 0.314. The van der Waals surface area contributed by atoms with E-state index in [1.807, 2.05) is 6.07 Å². The molecule has 0 saturated carbocycles. The first kappa shape index (κ1) is 13.2. The topological polar surface area (TPSA) is 83.1 Å². The van der Waals surface area contributed by atoms with E-state index in [1.54, 1.807) is 36.4 Å². The second kappa shape index (κ2) is 5.16. The Morgan fingerprint density at radius 3 is 2.63 bits per heavy atom. The van der Waals surface area contributed by atoms with E-state index in [2.05, 4.69) is 5.32 Å². The molecule has 2 rings (SSSR count). The van der Waals surface area contributed by atoms with Crippen LogP contribution in [0.15, 0.2) is 45.7 Å². The fraction of sp³-hybridized carbons (Fsp3) is 0.154. The standard InChI is InChI=1S/C13H12N2O3S/c1-19(16,17)13-5-3-2-4-12(13)15-9-11-7-6-10(8-14)18-11/h2-7,15H,9H2,1H3. The molecule has 0 unspecified atom stereocenters. The van der Waals surface area contributed by atoms with Crippen LogP contribution in [0.2, 0.25) is 0 Å². The van der Waals surface area contributed by atoms with Crippen molar-refractivity contribution >= 4 is 15.5 Å². The van der Waals surface area contributed by atoms with E-state index in [4.69, 9.17) is 9.68 Å². The predicted molar refractivity (Wildman–Crippen MR) is 70.3 cm³/mol. The van der Waals surface area contributed by atoms with Gasteiger partial charge in [0.1, 0.15) is 11.8 Å². The van der Waals surface area contributed by atoms with Crippen molar-refractivity contribution in [3.63, 3.8) is 0 Å². The first-order valence-corrected chi connectivity index (χ1v) is 7.41. The van der Waals surface area contributed by atoms with Crippen LogP contribution in [-0.4, -0.2) is 14.7 Å². The summed E-state index contributed by atoms with van der Waals surface area (Å²) in [6.07, 6.45) is 1.16. The van der Waals surface area contributed by atoms with E-state index in [-0.39, 0.29) is 10.7 Å². The Kier molecular flexibility index (Phi) is 3.58. The van der Waals surface area contributed by atoms with Gasteiger partial charge < -0.3 is 9.73 Å². The summed E-state index contributed by atoms with van der Waals surface area (Å²) in [5.41, 5.74) is 0.514. The van der Waals surface area contributed by atoms with Crippen molar-refractivity contribution in [2.75, 3.05) is 11.6 Å². The van der Waals surface area contributed by atoms with Crippen LogP contribution < -0.4 is 5.32 Å². The van der Waals surface area contributed by atoms with Gasteiger partial charge in [-0.15, -0.1) is 0 Å². The minimum Gasteiger partial charge on any atom is -0.449 e. The highest BCUT2D eigenvalue weighted by Gasteiger charge is 2.12. The molecule has 0 aliphatic carbocycles. The lowest BCUT2D eigenvalue weighted by molar-refractivity contribution is 0.506. The minimum absolute atomic E-state index is 0.230. The zero-order valence-corrected chi connectivity index (χ0v) is 11.1. The second-order valence-electron chi connectivity index (χ2n) is 4.00. The van der Waals surface area contributed by atoms with Crippen molar-refractivity contribution in [2.24, 2.45) is 0 Å². The molecule has 2 aromatic rings. The van der Waals surface area contributed by atoms with Crippen molar-refractivity contribution in [3.8, 4) is 6.07 Å². The molecule has 0 aliphatic heterocycles. The van der Waals surface area contributed by atoms with Crippen LogP contribution in [-0.2, 0) is 16.4 Å². The van der Waals surface area contributed by atoms with Gasteiger partial charge in [0.25, 0.3) is 0 Å². The van der Waals surface area contributed by atoms with Gasteiger partial charge in [0, 0.05) is 6.26 Å². The van der Waals surface area contributed by atoms with E-state index in [9.17, 15) is 8.42 Å². The fourth-order valence-electron chi connectivity index (χ4n) is 1.65. The minimum atomic E-state index is -3.28. The normalized spacial score (nSPS) is 10.9. The van der Waals surface area contributed by atoms with Crippen LogP contribution in [0, 0.1) is 11.3 Å². The van der Waals surface area contributed by atoms with E-state index in [0.29, 0.717) is 18.0 Å². The number of nitrogens with zero attached hydrogens (tertiary/aromatic N) is 1. The highest BCUT2D eigenvalue weighted by molar-refractivity contribution is 7.90. The van der Waals surface area contributed by atoms with Crippen molar-refractivity contribution in [3.05, 3.63) is 47.9 Å². The molecule has 1 aromatic carbocycles. The quantitative estimate of drug-likeness (QED) is 0.925. The number of rotatable bonds is 4. The van der Waals surface area contributed by atoms with Crippen LogP contribution in [0.4, 0.5) is 5.69 Å². The molecule has 0 amide bonds. The van der Waals surface area contributed by atoms with Crippen molar-refractivity contribution in [1.82, 2.24) is 0 Å². The Morgan fingerprint density at radius 1 is 1.26 bits per heavy atom. The zero-order chi connectivity index (χ0) is 13.9. The molecule has 6 heteroatoms. The summed E-state index contributed by atoms with van der Waals surface area (Å²) in [5, 5.41) is 11.6. The number of nitriles is 1. The molecular formula is C13H12N2O3S. The van der Waals surface area contributed by atoms with Gasteiger partial charge in [-0.25, -0.2) is 8.42 Å². The monoisotopic (exact) mass is 276 g/mol. The third kappa shape index (κ3) is 3.14. The maximum atomic E-state index is 11.6. The van der Waals surface area contributed by atoms with Crippen molar-refractivity contribution < 1.29 is 12.8 Å². The molecule has 5 nitrogen and oxygen atoms in total. The van der Waals surface area contributed by atoms with E-state index in [1.165, 1.54) is 0 Å². The Bertz CT molecular complexity index is 726. The van der Waals surface area contributed by atoms with Crippen LogP contribution in [0.5, 0.6) is 0 Å². The Labute approximate surface area is 111 Å².